The van der Waals surface area contributed by atoms with E-state index in [4.69, 9.17) is 4.74 Å². The Labute approximate surface area is 169 Å². The number of carbonyl (C=O) groups excluding carboxylic acids is 1. The molecule has 0 radical (unpaired) electrons. The molecule has 0 amide bonds. The van der Waals surface area contributed by atoms with E-state index in [-0.39, 0.29) is 6.61 Å². The maximum absolute atomic E-state index is 13.0. The molecule has 2 heterocycles. The van der Waals surface area contributed by atoms with E-state index in [1.165, 1.54) is 0 Å². The number of esters is 1. The van der Waals surface area contributed by atoms with Crippen LogP contribution in [0.15, 0.2) is 71.0 Å². The second-order valence-electron chi connectivity index (χ2n) is 6.01. The Morgan fingerprint density at radius 2 is 2.04 bits per heavy atom. The molecule has 2 aromatic rings. The normalized spacial score (nSPS) is 16.4. The summed E-state index contributed by atoms with van der Waals surface area (Å²) in [6.45, 7) is 4.06. The summed E-state index contributed by atoms with van der Waals surface area (Å²) in [5.74, 6) is -0.177. The summed E-state index contributed by atoms with van der Waals surface area (Å²) in [6.07, 6.45) is 3.37. The second kappa shape index (κ2) is 9.25. The fraction of sp³-hybridized carbons (Fsp3) is 0.227. The molecule has 0 aliphatic carbocycles. The summed E-state index contributed by atoms with van der Waals surface area (Å²) in [5, 5.41) is 14.0. The number of aromatic nitrogens is 1. The van der Waals surface area contributed by atoms with Crippen LogP contribution in [0, 0.1) is 11.3 Å². The fourth-order valence-electron chi connectivity index (χ4n) is 3.18. The Morgan fingerprint density at radius 1 is 1.25 bits per heavy atom. The van der Waals surface area contributed by atoms with Crippen LogP contribution < -0.4 is 5.32 Å². The Morgan fingerprint density at radius 3 is 2.64 bits per heavy atom. The summed E-state index contributed by atoms with van der Waals surface area (Å²) in [7, 11) is 0. The van der Waals surface area contributed by atoms with E-state index in [0.717, 1.165) is 21.9 Å². The van der Waals surface area contributed by atoms with Gasteiger partial charge in [-0.05, 0) is 29.9 Å². The largest absolute Gasteiger partial charge is 0.463 e. The van der Waals surface area contributed by atoms with Gasteiger partial charge >= 0.3 is 5.97 Å². The number of dihydropyridines is 1. The van der Waals surface area contributed by atoms with Crippen LogP contribution in [0.25, 0.3) is 5.70 Å². The highest BCUT2D eigenvalue weighted by molar-refractivity contribution is 8.03. The summed E-state index contributed by atoms with van der Waals surface area (Å²) in [4.78, 5) is 17.2. The van der Waals surface area contributed by atoms with Crippen LogP contribution in [0.1, 0.15) is 30.9 Å². The van der Waals surface area contributed by atoms with Crippen LogP contribution in [0.4, 0.5) is 0 Å². The molecule has 1 unspecified atom stereocenters. The number of thioether (sulfide) groups is 1. The number of benzene rings is 1. The van der Waals surface area contributed by atoms with Gasteiger partial charge in [-0.3, -0.25) is 4.98 Å². The van der Waals surface area contributed by atoms with Crippen molar-refractivity contribution in [3.8, 4) is 6.07 Å². The third-order valence-electron chi connectivity index (χ3n) is 4.31. The van der Waals surface area contributed by atoms with Crippen LogP contribution in [-0.2, 0) is 9.53 Å². The number of hydrogen-bond acceptors (Lipinski definition) is 6. The van der Waals surface area contributed by atoms with Crippen molar-refractivity contribution in [1.82, 2.24) is 10.3 Å². The molecule has 0 saturated carbocycles. The van der Waals surface area contributed by atoms with E-state index in [1.807, 2.05) is 49.4 Å². The number of nitrogens with one attached hydrogen (secondary N) is 1. The average molecular weight is 391 g/mol. The van der Waals surface area contributed by atoms with Crippen LogP contribution in [0.5, 0.6) is 0 Å². The molecule has 0 fully saturated rings. The maximum atomic E-state index is 13.0. The summed E-state index contributed by atoms with van der Waals surface area (Å²) < 4.78 is 5.38. The van der Waals surface area contributed by atoms with Gasteiger partial charge in [0.25, 0.3) is 0 Å². The first-order valence-electron chi connectivity index (χ1n) is 9.11. The first-order valence-corrected chi connectivity index (χ1v) is 10.1. The highest BCUT2D eigenvalue weighted by Crippen LogP contribution is 2.43. The number of nitrogens with zero attached hydrogens (tertiary/aromatic N) is 2. The van der Waals surface area contributed by atoms with Gasteiger partial charge in [-0.2, -0.15) is 5.26 Å². The van der Waals surface area contributed by atoms with E-state index in [2.05, 4.69) is 16.4 Å². The van der Waals surface area contributed by atoms with Crippen LogP contribution in [0.3, 0.4) is 0 Å². The van der Waals surface area contributed by atoms with Crippen LogP contribution in [0.2, 0.25) is 0 Å². The number of ether oxygens (including phenoxy) is 1. The van der Waals surface area contributed by atoms with Gasteiger partial charge in [0, 0.05) is 12.4 Å². The smallest absolute Gasteiger partial charge is 0.337 e. The highest BCUT2D eigenvalue weighted by atomic mass is 32.2. The molecule has 0 bridgehead atoms. The van der Waals surface area contributed by atoms with E-state index in [1.54, 1.807) is 31.1 Å². The van der Waals surface area contributed by atoms with Gasteiger partial charge in [-0.1, -0.05) is 43.3 Å². The van der Waals surface area contributed by atoms with Gasteiger partial charge in [0.1, 0.15) is 0 Å². The minimum absolute atomic E-state index is 0.256. The lowest BCUT2D eigenvalue weighted by atomic mass is 9.82. The van der Waals surface area contributed by atoms with Gasteiger partial charge < -0.3 is 10.1 Å². The molecule has 142 valence electrons. The van der Waals surface area contributed by atoms with Crippen molar-refractivity contribution in [3.63, 3.8) is 0 Å². The molecule has 1 aromatic carbocycles. The minimum Gasteiger partial charge on any atom is -0.463 e. The van der Waals surface area contributed by atoms with Crippen LogP contribution >= 0.6 is 11.8 Å². The van der Waals surface area contributed by atoms with Crippen molar-refractivity contribution >= 4 is 23.4 Å². The fourth-order valence-corrected chi connectivity index (χ4v) is 3.96. The first-order chi connectivity index (χ1) is 13.7. The van der Waals surface area contributed by atoms with Crippen molar-refractivity contribution < 1.29 is 9.53 Å². The highest BCUT2D eigenvalue weighted by Gasteiger charge is 2.37. The van der Waals surface area contributed by atoms with Crippen molar-refractivity contribution in [2.75, 3.05) is 12.4 Å². The number of nitriles is 1. The minimum atomic E-state index is -0.539. The van der Waals surface area contributed by atoms with E-state index >= 15 is 0 Å². The second-order valence-corrected chi connectivity index (χ2v) is 7.28. The third kappa shape index (κ3) is 3.95. The first kappa shape index (κ1) is 19.7. The molecule has 5 nitrogen and oxygen atoms in total. The molecule has 1 aliphatic rings. The zero-order valence-corrected chi connectivity index (χ0v) is 16.6. The van der Waals surface area contributed by atoms with Crippen molar-refractivity contribution in [2.45, 2.75) is 19.8 Å². The van der Waals surface area contributed by atoms with E-state index in [0.29, 0.717) is 16.8 Å². The lowest BCUT2D eigenvalue weighted by molar-refractivity contribution is -0.138. The predicted molar refractivity (Wildman–Crippen MR) is 111 cm³/mol. The predicted octanol–water partition coefficient (Wildman–Crippen LogP) is 4.23. The molecule has 1 atom stereocenters. The summed E-state index contributed by atoms with van der Waals surface area (Å²) in [5.41, 5.74) is 3.25. The Balaban J connectivity index is 2.28. The van der Waals surface area contributed by atoms with E-state index in [9.17, 15) is 10.1 Å². The molecular weight excluding hydrogens is 370 g/mol. The molecule has 28 heavy (non-hydrogen) atoms. The maximum Gasteiger partial charge on any atom is 0.337 e. The number of hydrogen-bond donors (Lipinski definition) is 1. The SMILES string of the molecule is CCOC(=O)C1=C(c2ccccc2)NC(SCC)=C(C#N)C1c1cccnc1. The monoisotopic (exact) mass is 391 g/mol. The average Bonchev–Trinajstić information content (AvgIpc) is 2.74. The quantitative estimate of drug-likeness (QED) is 0.743. The van der Waals surface area contributed by atoms with Gasteiger partial charge in [0.2, 0.25) is 0 Å². The molecule has 0 saturated heterocycles. The van der Waals surface area contributed by atoms with E-state index < -0.39 is 11.9 Å². The lowest BCUT2D eigenvalue weighted by Crippen LogP contribution is -2.29. The molecule has 3 rings (SSSR count). The van der Waals surface area contributed by atoms with Crippen molar-refractivity contribution in [1.29, 1.82) is 5.26 Å². The lowest BCUT2D eigenvalue weighted by Gasteiger charge is -2.30. The third-order valence-corrected chi connectivity index (χ3v) is 5.21. The summed E-state index contributed by atoms with van der Waals surface area (Å²) >= 11 is 1.55. The zero-order valence-electron chi connectivity index (χ0n) is 15.8. The molecular formula is C22H21N3O2S. The van der Waals surface area contributed by atoms with Crippen molar-refractivity contribution in [2.24, 2.45) is 0 Å². The topological polar surface area (TPSA) is 75.0 Å². The van der Waals surface area contributed by atoms with Gasteiger partial charge in [-0.25, -0.2) is 4.79 Å². The van der Waals surface area contributed by atoms with Gasteiger partial charge in [-0.15, -0.1) is 11.8 Å². The number of rotatable bonds is 6. The number of pyridine rings is 1. The Bertz CT molecular complexity index is 947. The van der Waals surface area contributed by atoms with Crippen LogP contribution in [-0.4, -0.2) is 23.3 Å². The van der Waals surface area contributed by atoms with Crippen molar-refractivity contribution in [3.05, 3.63) is 82.2 Å². The molecule has 1 N–H and O–H groups in total. The molecule has 6 heteroatoms. The Kier molecular flexibility index (Phi) is 6.51. The van der Waals surface area contributed by atoms with Gasteiger partial charge in [0.15, 0.2) is 0 Å². The Hall–Kier alpha value is -3.04. The molecule has 0 spiro atoms. The number of allylic oxidation sites excluding steroid dienone is 1. The molecule has 1 aromatic heterocycles. The molecule has 1 aliphatic heterocycles. The zero-order chi connectivity index (χ0) is 19.9. The summed E-state index contributed by atoms with van der Waals surface area (Å²) in [6, 6.07) is 15.6. The van der Waals surface area contributed by atoms with Gasteiger partial charge in [0.05, 0.1) is 40.5 Å². The standard InChI is InChI=1S/C22H21N3O2S/c1-3-27-22(26)19-18(16-11-8-12-24-14-16)17(13-23)21(28-4-2)25-20(19)15-9-6-5-7-10-15/h5-12,14,18,25H,3-4H2,1-2H3. The number of carbonyl (C=O) groups is 1.